The Kier molecular flexibility index (Phi) is 4.11. The van der Waals surface area contributed by atoms with Gasteiger partial charge in [-0.2, -0.15) is 5.10 Å². The maximum Gasteiger partial charge on any atom is 0.228 e. The highest BCUT2D eigenvalue weighted by Crippen LogP contribution is 2.24. The van der Waals surface area contributed by atoms with E-state index in [1.807, 2.05) is 25.1 Å². The number of hydrazone groups is 1. The number of carbonyl (C=O) groups excluding carboxylic acids is 1. The van der Waals surface area contributed by atoms with E-state index < -0.39 is 9.84 Å². The Balaban J connectivity index is 1.75. The number of amides is 1. The van der Waals surface area contributed by atoms with Crippen LogP contribution >= 0.6 is 0 Å². The van der Waals surface area contributed by atoms with Crippen molar-refractivity contribution in [3.63, 3.8) is 0 Å². The molecule has 124 valence electrons. The zero-order valence-electron chi connectivity index (χ0n) is 13.3. The number of carbonyl (C=O) groups is 1. The Hall–Kier alpha value is -2.67. The number of sulfone groups is 1. The molecule has 24 heavy (non-hydrogen) atoms. The van der Waals surface area contributed by atoms with E-state index in [9.17, 15) is 13.2 Å². The molecule has 2 aromatic rings. The summed E-state index contributed by atoms with van der Waals surface area (Å²) in [4.78, 5) is 11.7. The highest BCUT2D eigenvalue weighted by Gasteiger charge is 2.17. The minimum absolute atomic E-state index is 0.000771. The molecule has 2 aromatic carbocycles. The summed E-state index contributed by atoms with van der Waals surface area (Å²) in [6, 6.07) is 12.1. The standard InChI is InChI=1S/C17H17N3O3S/c1-11(12-3-8-16-13(9-12)10-17(21)18-16)19-20-14-4-6-15(7-5-14)24(2,22)23/h3-9,20H,10H2,1-2H3,(H,18,21)/b19-11+. The van der Waals surface area contributed by atoms with E-state index in [4.69, 9.17) is 0 Å². The van der Waals surface area contributed by atoms with Gasteiger partial charge in [0.15, 0.2) is 9.84 Å². The average molecular weight is 343 g/mol. The van der Waals surface area contributed by atoms with Gasteiger partial charge < -0.3 is 5.32 Å². The first-order valence-electron chi connectivity index (χ1n) is 7.36. The lowest BCUT2D eigenvalue weighted by Gasteiger charge is -2.06. The molecule has 0 aliphatic carbocycles. The molecular formula is C17H17N3O3S. The van der Waals surface area contributed by atoms with Crippen LogP contribution in [0.2, 0.25) is 0 Å². The number of rotatable bonds is 4. The highest BCUT2D eigenvalue weighted by atomic mass is 32.2. The van der Waals surface area contributed by atoms with Crippen molar-refractivity contribution in [2.75, 3.05) is 17.0 Å². The van der Waals surface area contributed by atoms with E-state index in [-0.39, 0.29) is 10.8 Å². The van der Waals surface area contributed by atoms with Gasteiger partial charge in [0.2, 0.25) is 5.91 Å². The van der Waals surface area contributed by atoms with Gasteiger partial charge >= 0.3 is 0 Å². The van der Waals surface area contributed by atoms with Gasteiger partial charge in [-0.05, 0) is 54.4 Å². The molecule has 0 aromatic heterocycles. The van der Waals surface area contributed by atoms with Crippen LogP contribution in [0.5, 0.6) is 0 Å². The second-order valence-corrected chi connectivity index (χ2v) is 7.72. The van der Waals surface area contributed by atoms with Gasteiger partial charge in [-0.15, -0.1) is 0 Å². The zero-order chi connectivity index (χ0) is 17.3. The van der Waals surface area contributed by atoms with E-state index in [1.54, 1.807) is 12.1 Å². The lowest BCUT2D eigenvalue weighted by atomic mass is 10.1. The van der Waals surface area contributed by atoms with Crippen LogP contribution < -0.4 is 10.7 Å². The minimum atomic E-state index is -3.20. The topological polar surface area (TPSA) is 87.6 Å². The monoisotopic (exact) mass is 343 g/mol. The molecule has 0 saturated carbocycles. The first-order valence-corrected chi connectivity index (χ1v) is 9.25. The summed E-state index contributed by atoms with van der Waals surface area (Å²) >= 11 is 0. The summed E-state index contributed by atoms with van der Waals surface area (Å²) in [5.41, 5.74) is 7.10. The summed E-state index contributed by atoms with van der Waals surface area (Å²) < 4.78 is 22.9. The smallest absolute Gasteiger partial charge is 0.228 e. The van der Waals surface area contributed by atoms with Gasteiger partial charge in [0.25, 0.3) is 0 Å². The van der Waals surface area contributed by atoms with Crippen LogP contribution in [0.4, 0.5) is 11.4 Å². The molecule has 6 nitrogen and oxygen atoms in total. The highest BCUT2D eigenvalue weighted by molar-refractivity contribution is 7.90. The molecule has 0 atom stereocenters. The van der Waals surface area contributed by atoms with E-state index in [0.29, 0.717) is 12.1 Å². The number of anilines is 2. The van der Waals surface area contributed by atoms with Crippen LogP contribution in [0, 0.1) is 0 Å². The van der Waals surface area contributed by atoms with E-state index >= 15 is 0 Å². The largest absolute Gasteiger partial charge is 0.326 e. The van der Waals surface area contributed by atoms with Crippen LogP contribution in [0.1, 0.15) is 18.1 Å². The molecule has 0 unspecified atom stereocenters. The lowest BCUT2D eigenvalue weighted by molar-refractivity contribution is -0.115. The maximum atomic E-state index is 11.4. The van der Waals surface area contributed by atoms with Crippen molar-refractivity contribution in [3.8, 4) is 0 Å². The number of fused-ring (bicyclic) bond motifs is 1. The SMILES string of the molecule is C/C(=N\Nc1ccc(S(C)(=O)=O)cc1)c1ccc2c(c1)CC(=O)N2. The Morgan fingerprint density at radius 3 is 2.54 bits per heavy atom. The van der Waals surface area contributed by atoms with Gasteiger partial charge in [-0.25, -0.2) is 8.42 Å². The predicted molar refractivity (Wildman–Crippen MR) is 94.2 cm³/mol. The fourth-order valence-corrected chi connectivity index (χ4v) is 3.07. The van der Waals surface area contributed by atoms with Gasteiger partial charge in [0.05, 0.1) is 22.7 Å². The molecule has 3 rings (SSSR count). The molecule has 0 spiro atoms. The first kappa shape index (κ1) is 16.2. The van der Waals surface area contributed by atoms with Crippen LogP contribution in [0.15, 0.2) is 52.5 Å². The number of nitrogens with zero attached hydrogens (tertiary/aromatic N) is 1. The van der Waals surface area contributed by atoms with Gasteiger partial charge in [0, 0.05) is 11.9 Å². The predicted octanol–water partition coefficient (Wildman–Crippen LogP) is 2.42. The van der Waals surface area contributed by atoms with Crippen LogP contribution in [0.25, 0.3) is 0 Å². The summed E-state index contributed by atoms with van der Waals surface area (Å²) in [5, 5.41) is 7.11. The quantitative estimate of drug-likeness (QED) is 0.659. The molecule has 1 heterocycles. The van der Waals surface area contributed by atoms with Crippen molar-refractivity contribution in [2.24, 2.45) is 5.10 Å². The second kappa shape index (κ2) is 6.09. The Morgan fingerprint density at radius 2 is 1.88 bits per heavy atom. The van der Waals surface area contributed by atoms with Crippen molar-refractivity contribution in [1.82, 2.24) is 0 Å². The third-order valence-electron chi connectivity index (χ3n) is 3.78. The fraction of sp³-hybridized carbons (Fsp3) is 0.176. The summed E-state index contributed by atoms with van der Waals surface area (Å²) in [5.74, 6) is 0.000771. The molecule has 0 radical (unpaired) electrons. The van der Waals surface area contributed by atoms with Crippen molar-refractivity contribution in [2.45, 2.75) is 18.2 Å². The molecule has 1 aliphatic heterocycles. The molecule has 1 amide bonds. The third kappa shape index (κ3) is 3.46. The first-order chi connectivity index (χ1) is 11.3. The number of hydrogen-bond acceptors (Lipinski definition) is 5. The molecule has 0 bridgehead atoms. The Morgan fingerprint density at radius 1 is 1.17 bits per heavy atom. The summed E-state index contributed by atoms with van der Waals surface area (Å²) in [6.07, 6.45) is 1.56. The molecule has 1 aliphatic rings. The van der Waals surface area contributed by atoms with Crippen LogP contribution in [-0.2, 0) is 21.1 Å². The number of hydrogen-bond donors (Lipinski definition) is 2. The lowest BCUT2D eigenvalue weighted by Crippen LogP contribution is -2.03. The van der Waals surface area contributed by atoms with E-state index in [1.165, 1.54) is 18.4 Å². The van der Waals surface area contributed by atoms with Crippen molar-refractivity contribution in [1.29, 1.82) is 0 Å². The van der Waals surface area contributed by atoms with Gasteiger partial charge in [-0.1, -0.05) is 6.07 Å². The Labute approximate surface area is 140 Å². The number of nitrogens with one attached hydrogen (secondary N) is 2. The van der Waals surface area contributed by atoms with E-state index in [2.05, 4.69) is 15.8 Å². The second-order valence-electron chi connectivity index (χ2n) is 5.70. The van der Waals surface area contributed by atoms with E-state index in [0.717, 1.165) is 22.5 Å². The Bertz CT molecular complexity index is 932. The van der Waals surface area contributed by atoms with Gasteiger partial charge in [0.1, 0.15) is 0 Å². The summed E-state index contributed by atoms with van der Waals surface area (Å²) in [7, 11) is -3.20. The van der Waals surface area contributed by atoms with Crippen LogP contribution in [0.3, 0.4) is 0 Å². The van der Waals surface area contributed by atoms with Crippen molar-refractivity contribution < 1.29 is 13.2 Å². The maximum absolute atomic E-state index is 11.4. The third-order valence-corrected chi connectivity index (χ3v) is 4.91. The average Bonchev–Trinajstić information content (AvgIpc) is 2.91. The van der Waals surface area contributed by atoms with Gasteiger partial charge in [-0.3, -0.25) is 10.2 Å². The summed E-state index contributed by atoms with van der Waals surface area (Å²) in [6.45, 7) is 1.86. The minimum Gasteiger partial charge on any atom is -0.326 e. The van der Waals surface area contributed by atoms with Crippen molar-refractivity contribution in [3.05, 3.63) is 53.6 Å². The molecular weight excluding hydrogens is 326 g/mol. The zero-order valence-corrected chi connectivity index (χ0v) is 14.1. The fourth-order valence-electron chi connectivity index (χ4n) is 2.44. The molecule has 0 saturated heterocycles. The molecule has 7 heteroatoms. The molecule has 0 fully saturated rings. The van der Waals surface area contributed by atoms with Crippen LogP contribution in [-0.4, -0.2) is 26.3 Å². The normalized spacial score (nSPS) is 14.2. The number of benzene rings is 2. The molecule has 2 N–H and O–H groups in total. The van der Waals surface area contributed by atoms with Crippen molar-refractivity contribution >= 4 is 32.8 Å².